The summed E-state index contributed by atoms with van der Waals surface area (Å²) in [6.07, 6.45) is 2.97. The van der Waals surface area contributed by atoms with Crippen molar-refractivity contribution in [3.63, 3.8) is 0 Å². The molecular weight excluding hydrogens is 254 g/mol. The summed E-state index contributed by atoms with van der Waals surface area (Å²) in [5.74, 6) is 1.87. The first-order chi connectivity index (χ1) is 9.57. The summed E-state index contributed by atoms with van der Waals surface area (Å²) < 4.78 is 10.9. The lowest BCUT2D eigenvalue weighted by Gasteiger charge is -2.34. The fourth-order valence-corrected chi connectivity index (χ4v) is 2.25. The SMILES string of the molecule is Cc1ccc(OCc2nc(C3(N)CCC3)no2)cc1C. The van der Waals surface area contributed by atoms with Crippen molar-refractivity contribution in [2.45, 2.75) is 45.3 Å². The summed E-state index contributed by atoms with van der Waals surface area (Å²) in [6.45, 7) is 4.40. The minimum atomic E-state index is -0.387. The molecule has 1 aromatic carbocycles. The third-order valence-electron chi connectivity index (χ3n) is 4.00. The van der Waals surface area contributed by atoms with Crippen LogP contribution in [0.3, 0.4) is 0 Å². The monoisotopic (exact) mass is 273 g/mol. The van der Waals surface area contributed by atoms with E-state index in [2.05, 4.69) is 24.0 Å². The lowest BCUT2D eigenvalue weighted by atomic mass is 9.77. The number of aryl methyl sites for hydroxylation is 2. The minimum absolute atomic E-state index is 0.269. The molecule has 20 heavy (non-hydrogen) atoms. The maximum atomic E-state index is 6.16. The third-order valence-corrected chi connectivity index (χ3v) is 4.00. The molecule has 1 heterocycles. The predicted octanol–water partition coefficient (Wildman–Crippen LogP) is 2.60. The first-order valence-corrected chi connectivity index (χ1v) is 6.89. The van der Waals surface area contributed by atoms with E-state index in [9.17, 15) is 0 Å². The van der Waals surface area contributed by atoms with Crippen LogP contribution in [0.4, 0.5) is 0 Å². The zero-order valence-corrected chi connectivity index (χ0v) is 11.8. The van der Waals surface area contributed by atoms with E-state index in [-0.39, 0.29) is 12.1 Å². The molecule has 1 aromatic heterocycles. The number of nitrogens with two attached hydrogens (primary N) is 1. The lowest BCUT2D eigenvalue weighted by molar-refractivity contribution is 0.223. The maximum Gasteiger partial charge on any atom is 0.264 e. The highest BCUT2D eigenvalue weighted by molar-refractivity contribution is 5.33. The molecule has 1 aliphatic carbocycles. The van der Waals surface area contributed by atoms with Crippen LogP contribution in [0, 0.1) is 13.8 Å². The zero-order chi connectivity index (χ0) is 14.2. The molecule has 106 valence electrons. The highest BCUT2D eigenvalue weighted by Gasteiger charge is 2.38. The number of nitrogens with zero attached hydrogens (tertiary/aromatic N) is 2. The molecule has 0 atom stereocenters. The summed E-state index contributed by atoms with van der Waals surface area (Å²) in [6, 6.07) is 5.98. The molecule has 0 radical (unpaired) electrons. The van der Waals surface area contributed by atoms with Crippen molar-refractivity contribution < 1.29 is 9.26 Å². The van der Waals surface area contributed by atoms with Crippen LogP contribution in [0.1, 0.15) is 42.1 Å². The largest absolute Gasteiger partial charge is 0.484 e. The molecule has 1 aliphatic rings. The quantitative estimate of drug-likeness (QED) is 0.926. The van der Waals surface area contributed by atoms with E-state index in [0.29, 0.717) is 11.7 Å². The third kappa shape index (κ3) is 2.41. The Labute approximate surface area is 118 Å². The van der Waals surface area contributed by atoms with E-state index in [1.54, 1.807) is 0 Å². The summed E-state index contributed by atoms with van der Waals surface area (Å²) in [5, 5.41) is 3.96. The topological polar surface area (TPSA) is 74.2 Å². The molecule has 0 unspecified atom stereocenters. The van der Waals surface area contributed by atoms with E-state index in [4.69, 9.17) is 15.0 Å². The van der Waals surface area contributed by atoms with E-state index in [0.717, 1.165) is 25.0 Å². The summed E-state index contributed by atoms with van der Waals surface area (Å²) in [5.41, 5.74) is 8.21. The summed E-state index contributed by atoms with van der Waals surface area (Å²) >= 11 is 0. The Morgan fingerprint density at radius 1 is 1.30 bits per heavy atom. The standard InChI is InChI=1S/C15H19N3O2/c1-10-4-5-12(8-11(10)2)19-9-13-17-14(18-20-13)15(16)6-3-7-15/h4-5,8H,3,6-7,9,16H2,1-2H3. The normalized spacial score (nSPS) is 16.8. The van der Waals surface area contributed by atoms with Crippen LogP contribution >= 0.6 is 0 Å². The molecule has 0 aliphatic heterocycles. The van der Waals surface area contributed by atoms with Crippen molar-refractivity contribution in [1.82, 2.24) is 10.1 Å². The van der Waals surface area contributed by atoms with Crippen molar-refractivity contribution in [3.8, 4) is 5.75 Å². The highest BCUT2D eigenvalue weighted by atomic mass is 16.5. The fraction of sp³-hybridized carbons (Fsp3) is 0.467. The Bertz CT molecular complexity index is 617. The summed E-state index contributed by atoms with van der Waals surface area (Å²) in [4.78, 5) is 4.33. The van der Waals surface area contributed by atoms with E-state index in [1.807, 2.05) is 18.2 Å². The van der Waals surface area contributed by atoms with Gasteiger partial charge in [0.2, 0.25) is 0 Å². The average Bonchev–Trinajstić information content (AvgIpc) is 2.86. The molecule has 0 bridgehead atoms. The van der Waals surface area contributed by atoms with Gasteiger partial charge in [-0.1, -0.05) is 11.2 Å². The van der Waals surface area contributed by atoms with Gasteiger partial charge in [-0.25, -0.2) is 0 Å². The Hall–Kier alpha value is -1.88. The van der Waals surface area contributed by atoms with Crippen LogP contribution in [0.15, 0.2) is 22.7 Å². The Kier molecular flexibility index (Phi) is 3.22. The van der Waals surface area contributed by atoms with Gasteiger partial charge in [0.15, 0.2) is 12.4 Å². The number of benzene rings is 1. The smallest absolute Gasteiger partial charge is 0.264 e. The molecule has 5 heteroatoms. The Morgan fingerprint density at radius 3 is 2.75 bits per heavy atom. The van der Waals surface area contributed by atoms with Crippen LogP contribution in [-0.4, -0.2) is 10.1 Å². The van der Waals surface area contributed by atoms with Gasteiger partial charge in [0, 0.05) is 0 Å². The van der Waals surface area contributed by atoms with Gasteiger partial charge >= 0.3 is 0 Å². The second kappa shape index (κ2) is 4.90. The molecule has 3 rings (SSSR count). The van der Waals surface area contributed by atoms with Gasteiger partial charge in [-0.3, -0.25) is 0 Å². The fourth-order valence-electron chi connectivity index (χ4n) is 2.25. The van der Waals surface area contributed by atoms with Gasteiger partial charge in [0.1, 0.15) is 5.75 Å². The lowest BCUT2D eigenvalue weighted by Crippen LogP contribution is -2.44. The number of rotatable bonds is 4. The molecular formula is C15H19N3O2. The number of aromatic nitrogens is 2. The Balaban J connectivity index is 1.65. The summed E-state index contributed by atoms with van der Waals surface area (Å²) in [7, 11) is 0. The zero-order valence-electron chi connectivity index (χ0n) is 11.8. The van der Waals surface area contributed by atoms with Gasteiger partial charge < -0.3 is 15.0 Å². The highest BCUT2D eigenvalue weighted by Crippen LogP contribution is 2.36. The van der Waals surface area contributed by atoms with Crippen LogP contribution in [0.5, 0.6) is 5.75 Å². The number of hydrogen-bond acceptors (Lipinski definition) is 5. The van der Waals surface area contributed by atoms with E-state index >= 15 is 0 Å². The van der Waals surface area contributed by atoms with Crippen LogP contribution in [-0.2, 0) is 12.1 Å². The molecule has 2 N–H and O–H groups in total. The van der Waals surface area contributed by atoms with Gasteiger partial charge in [-0.05, 0) is 56.4 Å². The molecule has 1 fully saturated rings. The number of hydrogen-bond donors (Lipinski definition) is 1. The van der Waals surface area contributed by atoms with Crippen molar-refractivity contribution in [1.29, 1.82) is 0 Å². The van der Waals surface area contributed by atoms with Gasteiger partial charge in [0.05, 0.1) is 5.54 Å². The first kappa shape index (κ1) is 13.1. The second-order valence-electron chi connectivity index (χ2n) is 5.56. The van der Waals surface area contributed by atoms with Crippen LogP contribution in [0.2, 0.25) is 0 Å². The Morgan fingerprint density at radius 2 is 2.10 bits per heavy atom. The average molecular weight is 273 g/mol. The first-order valence-electron chi connectivity index (χ1n) is 6.89. The van der Waals surface area contributed by atoms with E-state index < -0.39 is 0 Å². The van der Waals surface area contributed by atoms with Crippen LogP contribution in [0.25, 0.3) is 0 Å². The van der Waals surface area contributed by atoms with Gasteiger partial charge in [0.25, 0.3) is 5.89 Å². The van der Waals surface area contributed by atoms with Gasteiger partial charge in [-0.2, -0.15) is 4.98 Å². The molecule has 0 saturated heterocycles. The van der Waals surface area contributed by atoms with Gasteiger partial charge in [-0.15, -0.1) is 0 Å². The molecule has 2 aromatic rings. The number of ether oxygens (including phenoxy) is 1. The van der Waals surface area contributed by atoms with Crippen molar-refractivity contribution in [2.75, 3.05) is 0 Å². The minimum Gasteiger partial charge on any atom is -0.484 e. The van der Waals surface area contributed by atoms with Crippen molar-refractivity contribution in [3.05, 3.63) is 41.0 Å². The molecule has 5 nitrogen and oxygen atoms in total. The second-order valence-corrected chi connectivity index (χ2v) is 5.56. The van der Waals surface area contributed by atoms with Crippen LogP contribution < -0.4 is 10.5 Å². The molecule has 0 spiro atoms. The van der Waals surface area contributed by atoms with Crippen molar-refractivity contribution in [2.24, 2.45) is 5.73 Å². The molecule has 0 amide bonds. The molecule has 1 saturated carbocycles. The van der Waals surface area contributed by atoms with E-state index in [1.165, 1.54) is 11.1 Å². The predicted molar refractivity (Wildman–Crippen MR) is 74.3 cm³/mol. The van der Waals surface area contributed by atoms with Crippen molar-refractivity contribution >= 4 is 0 Å². The maximum absolute atomic E-state index is 6.16.